The van der Waals surface area contributed by atoms with Gasteiger partial charge in [-0.2, -0.15) is 0 Å². The van der Waals surface area contributed by atoms with Crippen LogP contribution >= 0.6 is 0 Å². The number of hydrogen-bond donors (Lipinski definition) is 2. The normalized spacial score (nSPS) is 22.5. The van der Waals surface area contributed by atoms with Crippen LogP contribution < -0.4 is 5.73 Å². The van der Waals surface area contributed by atoms with Crippen LogP contribution in [-0.4, -0.2) is 44.1 Å². The Morgan fingerprint density at radius 2 is 1.78 bits per heavy atom. The molecule has 0 aromatic rings. The fourth-order valence-corrected chi connectivity index (χ4v) is 2.45. The molecule has 0 fully saturated rings. The van der Waals surface area contributed by atoms with Gasteiger partial charge in [0.2, 0.25) is 0 Å². The third kappa shape index (κ3) is 9.17. The van der Waals surface area contributed by atoms with Gasteiger partial charge in [-0.1, -0.05) is 44.6 Å². The van der Waals surface area contributed by atoms with Crippen molar-refractivity contribution in [3.63, 3.8) is 0 Å². The van der Waals surface area contributed by atoms with Crippen LogP contribution in [0.25, 0.3) is 0 Å². The van der Waals surface area contributed by atoms with Gasteiger partial charge in [0.25, 0.3) is 0 Å². The first-order valence-corrected chi connectivity index (χ1v) is 9.13. The highest BCUT2D eigenvalue weighted by Crippen LogP contribution is 2.28. The van der Waals surface area contributed by atoms with Crippen LogP contribution in [0.2, 0.25) is 0 Å². The number of carbonyl (C=O) groups excluding carboxylic acids is 2. The first-order chi connectivity index (χ1) is 12.6. The fraction of sp³-hybridized carbons (Fsp3) is 0.700. The van der Waals surface area contributed by atoms with Crippen LogP contribution in [0.3, 0.4) is 0 Å². The van der Waals surface area contributed by atoms with Gasteiger partial charge in [-0.15, -0.1) is 0 Å². The van der Waals surface area contributed by atoms with E-state index in [1.165, 1.54) is 31.9 Å². The van der Waals surface area contributed by atoms with E-state index in [-0.39, 0.29) is 6.42 Å². The topological polar surface area (TPSA) is 108 Å². The molecule has 3 unspecified atom stereocenters. The Morgan fingerprint density at radius 1 is 1.19 bits per heavy atom. The maximum Gasteiger partial charge on any atom is 0.313 e. The molecule has 0 aliphatic heterocycles. The molecule has 7 nitrogen and oxygen atoms in total. The van der Waals surface area contributed by atoms with Gasteiger partial charge in [-0.25, -0.2) is 4.89 Å². The Hall–Kier alpha value is -1.70. The second-order valence-electron chi connectivity index (χ2n) is 7.51. The van der Waals surface area contributed by atoms with Crippen LogP contribution in [0.1, 0.15) is 47.0 Å². The molecule has 3 atom stereocenters. The Kier molecular flexibility index (Phi) is 11.8. The van der Waals surface area contributed by atoms with Gasteiger partial charge in [0.15, 0.2) is 0 Å². The van der Waals surface area contributed by atoms with E-state index in [2.05, 4.69) is 48.1 Å². The molecular weight excluding hydrogens is 350 g/mol. The molecule has 0 bridgehead atoms. The summed E-state index contributed by atoms with van der Waals surface area (Å²) < 4.78 is 9.17. The van der Waals surface area contributed by atoms with Crippen molar-refractivity contribution >= 4 is 11.9 Å². The number of hydrogen-bond acceptors (Lipinski definition) is 7. The molecule has 0 aromatic heterocycles. The maximum atomic E-state index is 11.5. The average Bonchev–Trinajstić information content (AvgIpc) is 2.66. The minimum absolute atomic E-state index is 0.180. The molecule has 0 amide bonds. The number of nitrogens with two attached hydrogens (primary N) is 1. The lowest BCUT2D eigenvalue weighted by Gasteiger charge is -2.26. The lowest BCUT2D eigenvalue weighted by molar-refractivity contribution is -0.270. The predicted molar refractivity (Wildman–Crippen MR) is 104 cm³/mol. The van der Waals surface area contributed by atoms with Gasteiger partial charge in [0.05, 0.1) is 26.1 Å². The first kappa shape index (κ1) is 25.3. The largest absolute Gasteiger partial charge is 0.469 e. The first-order valence-electron chi connectivity index (χ1n) is 9.13. The molecule has 3 N–H and O–H groups in total. The summed E-state index contributed by atoms with van der Waals surface area (Å²) >= 11 is 0. The van der Waals surface area contributed by atoms with Crippen LogP contribution in [-0.2, 0) is 24.0 Å². The van der Waals surface area contributed by atoms with E-state index < -0.39 is 29.9 Å². The molecule has 0 spiro atoms. The van der Waals surface area contributed by atoms with Crippen LogP contribution in [0.5, 0.6) is 0 Å². The molecule has 7 heteroatoms. The lowest BCUT2D eigenvalue weighted by atomic mass is 9.83. The van der Waals surface area contributed by atoms with E-state index in [1.807, 2.05) is 0 Å². The van der Waals surface area contributed by atoms with Crippen molar-refractivity contribution in [1.82, 2.24) is 0 Å². The molecule has 1 aliphatic rings. The molecule has 0 aromatic carbocycles. The number of carbonyl (C=O) groups is 2. The molecule has 156 valence electrons. The van der Waals surface area contributed by atoms with Crippen molar-refractivity contribution in [3.05, 3.63) is 23.8 Å². The average molecular weight is 386 g/mol. The zero-order chi connectivity index (χ0) is 21.0. The van der Waals surface area contributed by atoms with Crippen LogP contribution in [0.15, 0.2) is 23.8 Å². The van der Waals surface area contributed by atoms with Crippen molar-refractivity contribution in [1.29, 1.82) is 0 Å². The number of ether oxygens (including phenoxy) is 2. The number of methoxy groups -OCH3 is 2. The number of rotatable bonds is 6. The van der Waals surface area contributed by atoms with Gasteiger partial charge in [0.1, 0.15) is 6.10 Å². The maximum absolute atomic E-state index is 11.5. The van der Waals surface area contributed by atoms with Crippen molar-refractivity contribution in [2.45, 2.75) is 53.1 Å². The minimum Gasteiger partial charge on any atom is -0.469 e. The minimum atomic E-state index is -0.695. The fourth-order valence-electron chi connectivity index (χ4n) is 2.45. The summed E-state index contributed by atoms with van der Waals surface area (Å²) in [6, 6.07) is 0. The smallest absolute Gasteiger partial charge is 0.313 e. The second kappa shape index (κ2) is 12.6. The zero-order valence-corrected chi connectivity index (χ0v) is 17.4. The third-order valence-corrected chi connectivity index (χ3v) is 4.61. The Balaban J connectivity index is 0.000000541. The van der Waals surface area contributed by atoms with Crippen molar-refractivity contribution in [3.8, 4) is 0 Å². The molecular formula is C20H35NO6. The van der Waals surface area contributed by atoms with Crippen LogP contribution in [0.4, 0.5) is 0 Å². The Morgan fingerprint density at radius 3 is 2.22 bits per heavy atom. The molecule has 27 heavy (non-hydrogen) atoms. The highest BCUT2D eigenvalue weighted by atomic mass is 17.1. The second-order valence-corrected chi connectivity index (χ2v) is 7.51. The van der Waals surface area contributed by atoms with Crippen molar-refractivity contribution in [2.75, 3.05) is 20.8 Å². The van der Waals surface area contributed by atoms with E-state index >= 15 is 0 Å². The summed E-state index contributed by atoms with van der Waals surface area (Å²) in [4.78, 5) is 27.0. The quantitative estimate of drug-likeness (QED) is 0.238. The van der Waals surface area contributed by atoms with E-state index in [0.29, 0.717) is 5.41 Å². The van der Waals surface area contributed by atoms with Gasteiger partial charge in [-0.05, 0) is 38.1 Å². The van der Waals surface area contributed by atoms with Gasteiger partial charge in [0, 0.05) is 0 Å². The highest BCUT2D eigenvalue weighted by Gasteiger charge is 2.38. The number of allylic oxidation sites excluding steroid dienone is 2. The lowest BCUT2D eigenvalue weighted by Crippen LogP contribution is -2.36. The van der Waals surface area contributed by atoms with Gasteiger partial charge in [-0.3, -0.25) is 14.8 Å². The summed E-state index contributed by atoms with van der Waals surface area (Å²) in [6.45, 7) is 9.70. The third-order valence-electron chi connectivity index (χ3n) is 4.61. The van der Waals surface area contributed by atoms with E-state index in [9.17, 15) is 9.59 Å². The SMILES string of the molecule is C/C(=C\CCCN)C(C)(C)C.COC(=O)C1C=CC(OO)CC1C(=O)OC. The molecule has 1 rings (SSSR count). The monoisotopic (exact) mass is 385 g/mol. The van der Waals surface area contributed by atoms with Crippen molar-refractivity contribution < 1.29 is 29.2 Å². The van der Waals surface area contributed by atoms with E-state index in [1.54, 1.807) is 0 Å². The van der Waals surface area contributed by atoms with Crippen molar-refractivity contribution in [2.24, 2.45) is 23.0 Å². The predicted octanol–water partition coefficient (Wildman–Crippen LogP) is 3.10. The summed E-state index contributed by atoms with van der Waals surface area (Å²) in [7, 11) is 2.49. The van der Waals surface area contributed by atoms with Gasteiger partial charge >= 0.3 is 11.9 Å². The molecule has 0 heterocycles. The van der Waals surface area contributed by atoms with E-state index in [4.69, 9.17) is 11.0 Å². The molecule has 0 saturated carbocycles. The Bertz CT molecular complexity index is 521. The summed E-state index contributed by atoms with van der Waals surface area (Å²) in [5, 5.41) is 8.53. The molecule has 1 aliphatic carbocycles. The van der Waals surface area contributed by atoms with Gasteiger partial charge < -0.3 is 15.2 Å². The summed E-state index contributed by atoms with van der Waals surface area (Å²) in [5.41, 5.74) is 7.19. The molecule has 0 saturated heterocycles. The summed E-state index contributed by atoms with van der Waals surface area (Å²) in [5.74, 6) is -2.42. The van der Waals surface area contributed by atoms with Crippen LogP contribution in [0, 0.1) is 17.3 Å². The zero-order valence-electron chi connectivity index (χ0n) is 17.4. The summed E-state index contributed by atoms with van der Waals surface area (Å²) in [6.07, 6.45) is 7.10. The highest BCUT2D eigenvalue weighted by molar-refractivity contribution is 5.83. The molecule has 0 radical (unpaired) electrons. The Labute approximate surface area is 162 Å². The standard InChI is InChI=1S/C10H21N.C10H14O6/c1-9(10(2,3)4)7-5-6-8-11;1-14-9(11)7-4-3-6(16-13)5-8(7)10(12)15-2/h7H,5-6,8,11H2,1-4H3;3-4,6-8,13H,5H2,1-2H3/b9-7+;. The number of esters is 2. The van der Waals surface area contributed by atoms with E-state index in [0.717, 1.165) is 19.4 Å². The number of unbranched alkanes of at least 4 members (excludes halogenated alkanes) is 1.